The lowest BCUT2D eigenvalue weighted by Gasteiger charge is -2.27. The van der Waals surface area contributed by atoms with E-state index in [4.69, 9.17) is 0 Å². The molecule has 0 spiro atoms. The first-order valence-corrected chi connectivity index (χ1v) is 13.0. The lowest BCUT2D eigenvalue weighted by Crippen LogP contribution is -2.12. The molecular weight excluding hydrogens is 491 g/mol. The Morgan fingerprint density at radius 2 is 1.13 bits per heavy atom. The molecule has 0 heterocycles. The maximum atomic E-state index is 13.6. The normalized spacial score (nSPS) is 12.3. The van der Waals surface area contributed by atoms with E-state index < -0.39 is 11.7 Å². The summed E-state index contributed by atoms with van der Waals surface area (Å²) in [5, 5.41) is 0. The smallest absolute Gasteiger partial charge is 0.310 e. The van der Waals surface area contributed by atoms with Crippen LogP contribution in [0.15, 0.2) is 121 Å². The quantitative estimate of drug-likeness (QED) is 0.215. The summed E-state index contributed by atoms with van der Waals surface area (Å²) in [5.74, 6) is 0.189. The van der Waals surface area contributed by atoms with Gasteiger partial charge in [-0.3, -0.25) is 0 Å². The van der Waals surface area contributed by atoms with Crippen molar-refractivity contribution in [1.82, 2.24) is 0 Å². The highest BCUT2D eigenvalue weighted by atomic mass is 19.4. The van der Waals surface area contributed by atoms with Crippen molar-refractivity contribution in [2.75, 3.05) is 4.90 Å². The number of benzene rings is 5. The van der Waals surface area contributed by atoms with Crippen LogP contribution in [-0.4, -0.2) is 0 Å². The molecule has 4 heteroatoms. The van der Waals surface area contributed by atoms with Crippen molar-refractivity contribution in [2.24, 2.45) is 0 Å². The molecule has 0 saturated heterocycles. The van der Waals surface area contributed by atoms with E-state index in [1.165, 1.54) is 28.8 Å². The standard InChI is InChI=1S/C35H30F3N/c1-24-7-4-9-29(21-24)26(3)27-13-17-32(18-14-27)39(34-12-6-11-31(23-34)35(36,37)38)33-19-15-28(16-20-33)30-10-5-8-25(2)22-30/h4-23,26H,1-3H3. The summed E-state index contributed by atoms with van der Waals surface area (Å²) < 4.78 is 40.9. The summed E-state index contributed by atoms with van der Waals surface area (Å²) >= 11 is 0. The van der Waals surface area contributed by atoms with E-state index in [1.54, 1.807) is 6.07 Å². The van der Waals surface area contributed by atoms with Gasteiger partial charge in [-0.05, 0) is 78.6 Å². The van der Waals surface area contributed by atoms with Crippen LogP contribution in [0.3, 0.4) is 0 Å². The summed E-state index contributed by atoms with van der Waals surface area (Å²) in [6.45, 7) is 6.30. The van der Waals surface area contributed by atoms with Gasteiger partial charge < -0.3 is 4.90 Å². The Labute approximate surface area is 228 Å². The van der Waals surface area contributed by atoms with Crippen molar-refractivity contribution in [1.29, 1.82) is 0 Å². The van der Waals surface area contributed by atoms with Crippen LogP contribution in [0.2, 0.25) is 0 Å². The number of aryl methyl sites for hydroxylation is 2. The Hall–Kier alpha value is -4.31. The zero-order chi connectivity index (χ0) is 27.6. The maximum Gasteiger partial charge on any atom is 0.416 e. The number of hydrogen-bond acceptors (Lipinski definition) is 1. The van der Waals surface area contributed by atoms with Crippen LogP contribution in [0.4, 0.5) is 30.2 Å². The van der Waals surface area contributed by atoms with Crippen molar-refractivity contribution in [3.8, 4) is 11.1 Å². The van der Waals surface area contributed by atoms with Gasteiger partial charge in [-0.15, -0.1) is 0 Å². The zero-order valence-corrected chi connectivity index (χ0v) is 22.2. The highest BCUT2D eigenvalue weighted by Gasteiger charge is 2.31. The molecule has 0 bridgehead atoms. The molecule has 0 N–H and O–H groups in total. The van der Waals surface area contributed by atoms with Crippen LogP contribution in [0.25, 0.3) is 11.1 Å². The van der Waals surface area contributed by atoms with Gasteiger partial charge in [0.05, 0.1) is 5.56 Å². The number of nitrogens with zero attached hydrogens (tertiary/aromatic N) is 1. The fourth-order valence-corrected chi connectivity index (χ4v) is 4.94. The first-order chi connectivity index (χ1) is 18.7. The van der Waals surface area contributed by atoms with Crippen molar-refractivity contribution >= 4 is 17.1 Å². The summed E-state index contributed by atoms with van der Waals surface area (Å²) in [6.07, 6.45) is -4.43. The maximum absolute atomic E-state index is 13.6. The van der Waals surface area contributed by atoms with Gasteiger partial charge in [-0.1, -0.05) is 96.9 Å². The number of alkyl halides is 3. The van der Waals surface area contributed by atoms with E-state index in [0.29, 0.717) is 5.69 Å². The molecule has 39 heavy (non-hydrogen) atoms. The van der Waals surface area contributed by atoms with E-state index >= 15 is 0 Å². The van der Waals surface area contributed by atoms with E-state index in [-0.39, 0.29) is 5.92 Å². The number of hydrogen-bond donors (Lipinski definition) is 0. The molecule has 5 aromatic carbocycles. The van der Waals surface area contributed by atoms with Gasteiger partial charge in [0.1, 0.15) is 0 Å². The van der Waals surface area contributed by atoms with Gasteiger partial charge in [0, 0.05) is 23.0 Å². The highest BCUT2D eigenvalue weighted by molar-refractivity contribution is 5.78. The molecule has 0 aliphatic carbocycles. The van der Waals surface area contributed by atoms with Crippen LogP contribution in [0, 0.1) is 13.8 Å². The fourth-order valence-electron chi connectivity index (χ4n) is 4.94. The second kappa shape index (κ2) is 10.8. The third kappa shape index (κ3) is 5.91. The molecule has 196 valence electrons. The molecule has 0 aromatic heterocycles. The van der Waals surface area contributed by atoms with Gasteiger partial charge in [0.15, 0.2) is 0 Å². The minimum Gasteiger partial charge on any atom is -0.310 e. The monoisotopic (exact) mass is 521 g/mol. The predicted molar refractivity (Wildman–Crippen MR) is 155 cm³/mol. The van der Waals surface area contributed by atoms with Crippen LogP contribution < -0.4 is 4.90 Å². The van der Waals surface area contributed by atoms with Gasteiger partial charge >= 0.3 is 6.18 Å². The van der Waals surface area contributed by atoms with Gasteiger partial charge in [0.2, 0.25) is 0 Å². The van der Waals surface area contributed by atoms with Crippen molar-refractivity contribution in [3.63, 3.8) is 0 Å². The molecule has 0 amide bonds. The fraction of sp³-hybridized carbons (Fsp3) is 0.143. The van der Waals surface area contributed by atoms with Crippen molar-refractivity contribution < 1.29 is 13.2 Å². The molecule has 1 atom stereocenters. The van der Waals surface area contributed by atoms with Gasteiger partial charge in [0.25, 0.3) is 0 Å². The topological polar surface area (TPSA) is 3.24 Å². The van der Waals surface area contributed by atoms with Crippen LogP contribution in [0.5, 0.6) is 0 Å². The average Bonchev–Trinajstić information content (AvgIpc) is 2.93. The van der Waals surface area contributed by atoms with Crippen molar-refractivity contribution in [2.45, 2.75) is 32.9 Å². The second-order valence-electron chi connectivity index (χ2n) is 10.0. The molecular formula is C35H30F3N. The average molecular weight is 522 g/mol. The summed E-state index contributed by atoms with van der Waals surface area (Å²) in [6, 6.07) is 38.2. The summed E-state index contributed by atoms with van der Waals surface area (Å²) in [4.78, 5) is 1.87. The Morgan fingerprint density at radius 3 is 1.74 bits per heavy atom. The first-order valence-electron chi connectivity index (χ1n) is 13.0. The van der Waals surface area contributed by atoms with Crippen LogP contribution in [0.1, 0.15) is 40.7 Å². The lowest BCUT2D eigenvalue weighted by atomic mass is 9.92. The second-order valence-corrected chi connectivity index (χ2v) is 10.0. The highest BCUT2D eigenvalue weighted by Crippen LogP contribution is 2.39. The molecule has 1 nitrogen and oxygen atoms in total. The first kappa shape index (κ1) is 26.3. The molecule has 0 aliphatic rings. The Balaban J connectivity index is 1.54. The molecule has 0 fully saturated rings. The molecule has 0 aliphatic heterocycles. The van der Waals surface area contributed by atoms with E-state index in [2.05, 4.69) is 75.4 Å². The molecule has 1 unspecified atom stereocenters. The van der Waals surface area contributed by atoms with Gasteiger partial charge in [-0.25, -0.2) is 0 Å². The molecule has 0 saturated carbocycles. The minimum atomic E-state index is -4.43. The molecule has 0 radical (unpaired) electrons. The van der Waals surface area contributed by atoms with Gasteiger partial charge in [-0.2, -0.15) is 13.2 Å². The van der Waals surface area contributed by atoms with Crippen LogP contribution >= 0.6 is 0 Å². The predicted octanol–water partition coefficient (Wildman–Crippen LogP) is 10.6. The van der Waals surface area contributed by atoms with E-state index in [9.17, 15) is 13.2 Å². The van der Waals surface area contributed by atoms with E-state index in [1.807, 2.05) is 47.4 Å². The number of rotatable bonds is 6. The minimum absolute atomic E-state index is 0.189. The lowest BCUT2D eigenvalue weighted by molar-refractivity contribution is -0.137. The Kier molecular flexibility index (Phi) is 7.30. The Bertz CT molecular complexity index is 1570. The largest absolute Gasteiger partial charge is 0.416 e. The third-order valence-corrected chi connectivity index (χ3v) is 7.10. The Morgan fingerprint density at radius 1 is 0.538 bits per heavy atom. The third-order valence-electron chi connectivity index (χ3n) is 7.10. The number of anilines is 3. The van der Waals surface area contributed by atoms with Crippen LogP contribution in [-0.2, 0) is 6.18 Å². The number of halogens is 3. The summed E-state index contributed by atoms with van der Waals surface area (Å²) in [5.41, 5.74) is 8.24. The molecule has 5 rings (SSSR count). The SMILES string of the molecule is Cc1cccc(-c2ccc(N(c3ccc(C(C)c4cccc(C)c4)cc3)c3cccc(C(F)(F)F)c3)cc2)c1. The van der Waals surface area contributed by atoms with E-state index in [0.717, 1.165) is 34.1 Å². The zero-order valence-electron chi connectivity index (χ0n) is 22.2. The molecule has 5 aromatic rings. The summed E-state index contributed by atoms with van der Waals surface area (Å²) in [7, 11) is 0. The van der Waals surface area contributed by atoms with Crippen molar-refractivity contribution in [3.05, 3.63) is 149 Å².